The molecule has 0 aliphatic carbocycles. The molecule has 0 aliphatic rings. The van der Waals surface area contributed by atoms with Crippen molar-refractivity contribution >= 4 is 24.0 Å². The maximum absolute atomic E-state index is 12.1. The average Bonchev–Trinajstić information content (AvgIpc) is 2.66. The second-order valence-electron chi connectivity index (χ2n) is 5.10. The number of rotatable bonds is 7. The van der Waals surface area contributed by atoms with Gasteiger partial charge in [-0.3, -0.25) is 9.59 Å². The van der Waals surface area contributed by atoms with Gasteiger partial charge in [0.2, 0.25) is 0 Å². The van der Waals surface area contributed by atoms with E-state index in [1.165, 1.54) is 25.5 Å². The third kappa shape index (κ3) is 5.17. The molecule has 0 saturated heterocycles. The van der Waals surface area contributed by atoms with E-state index in [0.717, 1.165) is 0 Å². The minimum Gasteiger partial charge on any atom is -0.496 e. The van der Waals surface area contributed by atoms with Crippen LogP contribution in [0.15, 0.2) is 53.6 Å². The first-order chi connectivity index (χ1) is 12.5. The van der Waals surface area contributed by atoms with Crippen molar-refractivity contribution in [2.24, 2.45) is 5.10 Å². The highest BCUT2D eigenvalue weighted by Gasteiger charge is 2.12. The van der Waals surface area contributed by atoms with E-state index in [4.69, 9.17) is 9.84 Å². The number of aromatic carboxylic acids is 1. The Labute approximate surface area is 149 Å². The topological polar surface area (TPSA) is 117 Å². The molecule has 2 aromatic carbocycles. The number of nitrogens with zero attached hydrogens (tertiary/aromatic N) is 1. The van der Waals surface area contributed by atoms with Crippen molar-refractivity contribution in [1.29, 1.82) is 0 Å². The lowest BCUT2D eigenvalue weighted by Gasteiger charge is -2.08. The number of hydrogen-bond acceptors (Lipinski definition) is 5. The Balaban J connectivity index is 1.83. The van der Waals surface area contributed by atoms with Gasteiger partial charge in [-0.15, -0.1) is 0 Å². The standard InChI is InChI=1S/C18H17N3O5/c1-26-15-5-3-2-4-14(15)17(23)19-11-16(22)21-20-10-12-6-8-13(9-7-12)18(24)25/h2-10H,11H2,1H3,(H,19,23)(H,21,22)(H,24,25)/b20-10+. The maximum Gasteiger partial charge on any atom is 0.335 e. The third-order valence-electron chi connectivity index (χ3n) is 3.32. The summed E-state index contributed by atoms with van der Waals surface area (Å²) in [6.07, 6.45) is 1.37. The van der Waals surface area contributed by atoms with Crippen LogP contribution in [0.2, 0.25) is 0 Å². The van der Waals surface area contributed by atoms with E-state index in [0.29, 0.717) is 16.9 Å². The SMILES string of the molecule is COc1ccccc1C(=O)NCC(=O)N/N=C/c1ccc(C(=O)O)cc1. The molecule has 2 aromatic rings. The van der Waals surface area contributed by atoms with E-state index in [9.17, 15) is 14.4 Å². The Morgan fingerprint density at radius 1 is 1.12 bits per heavy atom. The summed E-state index contributed by atoms with van der Waals surface area (Å²) in [5.74, 6) is -1.56. The van der Waals surface area contributed by atoms with Gasteiger partial charge in [-0.25, -0.2) is 10.2 Å². The summed E-state index contributed by atoms with van der Waals surface area (Å²) < 4.78 is 5.09. The molecule has 0 unspecified atom stereocenters. The zero-order valence-corrected chi connectivity index (χ0v) is 13.9. The first kappa shape index (κ1) is 18.7. The summed E-state index contributed by atoms with van der Waals surface area (Å²) in [5.41, 5.74) is 3.37. The van der Waals surface area contributed by atoms with E-state index >= 15 is 0 Å². The second-order valence-corrected chi connectivity index (χ2v) is 5.10. The minimum absolute atomic E-state index is 0.158. The lowest BCUT2D eigenvalue weighted by molar-refractivity contribution is -0.120. The van der Waals surface area contributed by atoms with Crippen molar-refractivity contribution in [3.8, 4) is 5.75 Å². The van der Waals surface area contributed by atoms with E-state index in [2.05, 4.69) is 15.8 Å². The number of benzene rings is 2. The normalized spacial score (nSPS) is 10.3. The molecule has 3 N–H and O–H groups in total. The van der Waals surface area contributed by atoms with Crippen LogP contribution >= 0.6 is 0 Å². The molecule has 0 aliphatic heterocycles. The van der Waals surface area contributed by atoms with Gasteiger partial charge < -0.3 is 15.2 Å². The van der Waals surface area contributed by atoms with Crippen molar-refractivity contribution in [3.63, 3.8) is 0 Å². The number of carbonyl (C=O) groups is 3. The van der Waals surface area contributed by atoms with Crippen LogP contribution in [0.5, 0.6) is 5.75 Å². The van der Waals surface area contributed by atoms with Crippen LogP contribution in [0.1, 0.15) is 26.3 Å². The Kier molecular flexibility index (Phi) is 6.44. The number of carbonyl (C=O) groups excluding carboxylic acids is 2. The van der Waals surface area contributed by atoms with Crippen LogP contribution in [-0.4, -0.2) is 42.8 Å². The molecular formula is C18H17N3O5. The molecule has 0 aromatic heterocycles. The first-order valence-electron chi connectivity index (χ1n) is 7.57. The Morgan fingerprint density at radius 2 is 1.81 bits per heavy atom. The average molecular weight is 355 g/mol. The number of hydrogen-bond donors (Lipinski definition) is 3. The molecule has 0 atom stereocenters. The van der Waals surface area contributed by atoms with Gasteiger partial charge in [0.25, 0.3) is 11.8 Å². The van der Waals surface area contributed by atoms with Gasteiger partial charge in [0.1, 0.15) is 5.75 Å². The number of nitrogens with one attached hydrogen (secondary N) is 2. The summed E-state index contributed by atoms with van der Waals surface area (Å²) in [4.78, 5) is 34.5. The molecule has 134 valence electrons. The number of carboxylic acid groups (broad SMARTS) is 1. The molecule has 0 heterocycles. The highest BCUT2D eigenvalue weighted by molar-refractivity contribution is 5.98. The monoisotopic (exact) mass is 355 g/mol. The summed E-state index contributed by atoms with van der Waals surface area (Å²) in [7, 11) is 1.45. The molecule has 8 heteroatoms. The fraction of sp³-hybridized carbons (Fsp3) is 0.111. The molecule has 2 amide bonds. The Morgan fingerprint density at radius 3 is 2.46 bits per heavy atom. The predicted molar refractivity (Wildman–Crippen MR) is 94.5 cm³/mol. The van der Waals surface area contributed by atoms with Crippen LogP contribution in [0, 0.1) is 0 Å². The summed E-state index contributed by atoms with van der Waals surface area (Å²) in [6, 6.07) is 12.6. The van der Waals surface area contributed by atoms with Crippen molar-refractivity contribution < 1.29 is 24.2 Å². The van der Waals surface area contributed by atoms with Gasteiger partial charge in [-0.2, -0.15) is 5.10 Å². The van der Waals surface area contributed by atoms with Gasteiger partial charge in [0, 0.05) is 0 Å². The number of para-hydroxylation sites is 1. The molecule has 0 saturated carbocycles. The number of amides is 2. The molecule has 2 rings (SSSR count). The molecule has 0 spiro atoms. The second kappa shape index (κ2) is 8.97. The quantitative estimate of drug-likeness (QED) is 0.511. The lowest BCUT2D eigenvalue weighted by Crippen LogP contribution is -2.35. The number of carboxylic acids is 1. The Bertz CT molecular complexity index is 831. The van der Waals surface area contributed by atoms with E-state index in [-0.39, 0.29) is 12.1 Å². The van der Waals surface area contributed by atoms with Gasteiger partial charge in [0.05, 0.1) is 31.0 Å². The van der Waals surface area contributed by atoms with Gasteiger partial charge in [-0.05, 0) is 29.8 Å². The lowest BCUT2D eigenvalue weighted by atomic mass is 10.1. The maximum atomic E-state index is 12.1. The smallest absolute Gasteiger partial charge is 0.335 e. The summed E-state index contributed by atoms with van der Waals surface area (Å²) >= 11 is 0. The third-order valence-corrected chi connectivity index (χ3v) is 3.32. The van der Waals surface area contributed by atoms with Crippen LogP contribution in [0.4, 0.5) is 0 Å². The summed E-state index contributed by atoms with van der Waals surface area (Å²) in [5, 5.41) is 15.0. The fourth-order valence-corrected chi connectivity index (χ4v) is 2.02. The van der Waals surface area contributed by atoms with Gasteiger partial charge in [0.15, 0.2) is 0 Å². The Hall–Kier alpha value is -3.68. The fourth-order valence-electron chi connectivity index (χ4n) is 2.02. The molecule has 8 nitrogen and oxygen atoms in total. The van der Waals surface area contributed by atoms with Gasteiger partial charge >= 0.3 is 5.97 Å². The first-order valence-corrected chi connectivity index (χ1v) is 7.57. The zero-order valence-electron chi connectivity index (χ0n) is 13.9. The highest BCUT2D eigenvalue weighted by Crippen LogP contribution is 2.16. The van der Waals surface area contributed by atoms with Crippen LogP contribution < -0.4 is 15.5 Å². The molecular weight excluding hydrogens is 338 g/mol. The molecule has 0 bridgehead atoms. The highest BCUT2D eigenvalue weighted by atomic mass is 16.5. The number of ether oxygens (including phenoxy) is 1. The van der Waals surface area contributed by atoms with Crippen molar-refractivity contribution in [3.05, 3.63) is 65.2 Å². The number of hydrazone groups is 1. The summed E-state index contributed by atoms with van der Waals surface area (Å²) in [6.45, 7) is -0.258. The van der Waals surface area contributed by atoms with Crippen LogP contribution in [-0.2, 0) is 4.79 Å². The zero-order chi connectivity index (χ0) is 18.9. The van der Waals surface area contributed by atoms with Crippen LogP contribution in [0.25, 0.3) is 0 Å². The van der Waals surface area contributed by atoms with E-state index in [1.807, 2.05) is 0 Å². The molecule has 0 radical (unpaired) electrons. The molecule has 0 fully saturated rings. The van der Waals surface area contributed by atoms with E-state index < -0.39 is 17.8 Å². The van der Waals surface area contributed by atoms with Crippen molar-refractivity contribution in [2.75, 3.05) is 13.7 Å². The number of methoxy groups -OCH3 is 1. The van der Waals surface area contributed by atoms with Crippen molar-refractivity contribution in [2.45, 2.75) is 0 Å². The van der Waals surface area contributed by atoms with Gasteiger partial charge in [-0.1, -0.05) is 24.3 Å². The van der Waals surface area contributed by atoms with Crippen LogP contribution in [0.3, 0.4) is 0 Å². The van der Waals surface area contributed by atoms with Crippen molar-refractivity contribution in [1.82, 2.24) is 10.7 Å². The largest absolute Gasteiger partial charge is 0.496 e. The van der Waals surface area contributed by atoms with E-state index in [1.54, 1.807) is 36.4 Å². The minimum atomic E-state index is -1.02. The molecule has 26 heavy (non-hydrogen) atoms. The predicted octanol–water partition coefficient (Wildman–Crippen LogP) is 1.27.